The first kappa shape index (κ1) is 14.1. The molecule has 0 heterocycles. The molecule has 0 unspecified atom stereocenters. The number of aliphatic hydroxyl groups excluding tert-OH is 1. The number of aliphatic hydroxyl groups is 1. The summed E-state index contributed by atoms with van der Waals surface area (Å²) in [5, 5.41) is 8.60. The summed E-state index contributed by atoms with van der Waals surface area (Å²) in [5.41, 5.74) is 0. The molecule has 0 aromatic carbocycles. The van der Waals surface area contributed by atoms with Crippen LogP contribution in [-0.2, 0) is 4.79 Å². The van der Waals surface area contributed by atoms with Gasteiger partial charge in [-0.05, 0) is 19.3 Å². The molecule has 3 nitrogen and oxygen atoms in total. The molecule has 1 N–H and O–H groups in total. The van der Waals surface area contributed by atoms with Crippen LogP contribution in [0.2, 0.25) is 0 Å². The Bertz CT molecular complexity index is 288. The second-order valence-electron chi connectivity index (χ2n) is 3.88. The third-order valence-corrected chi connectivity index (χ3v) is 2.74. The fraction of sp³-hybridized carbons (Fsp3) is 0.889. The Hall–Kier alpha value is -0.920. The zero-order valence-electron chi connectivity index (χ0n) is 8.81. The number of carbonyl (C=O) groups excluding carboxylic acids is 1. The van der Waals surface area contributed by atoms with Gasteiger partial charge in [0.1, 0.15) is 0 Å². The monoisotopic (exact) mass is 261 g/mol. The predicted octanol–water partition coefficient (Wildman–Crippen LogP) is 1.56. The molecule has 17 heavy (non-hydrogen) atoms. The SMILES string of the molecule is O=C(N(CCO)C1CCC1)C(F)(F)C(F)(F)F. The highest BCUT2D eigenvalue weighted by atomic mass is 19.4. The summed E-state index contributed by atoms with van der Waals surface area (Å²) in [6.45, 7) is -1.15. The van der Waals surface area contributed by atoms with E-state index in [1.54, 1.807) is 0 Å². The molecule has 0 radical (unpaired) electrons. The maximum Gasteiger partial charge on any atom is 0.463 e. The van der Waals surface area contributed by atoms with Gasteiger partial charge in [-0.1, -0.05) is 0 Å². The van der Waals surface area contributed by atoms with E-state index in [1.807, 2.05) is 0 Å². The second kappa shape index (κ2) is 4.75. The lowest BCUT2D eigenvalue weighted by atomic mass is 9.91. The lowest BCUT2D eigenvalue weighted by Gasteiger charge is -2.39. The Morgan fingerprint density at radius 3 is 2.06 bits per heavy atom. The first-order valence-corrected chi connectivity index (χ1v) is 5.08. The number of hydrogen-bond acceptors (Lipinski definition) is 2. The maximum atomic E-state index is 12.8. The molecule has 1 rings (SSSR count). The largest absolute Gasteiger partial charge is 0.463 e. The van der Waals surface area contributed by atoms with Crippen LogP contribution in [0.15, 0.2) is 0 Å². The lowest BCUT2D eigenvalue weighted by Crippen LogP contribution is -2.57. The zero-order chi connectivity index (χ0) is 13.3. The van der Waals surface area contributed by atoms with Crippen molar-refractivity contribution in [3.05, 3.63) is 0 Å². The molecule has 100 valence electrons. The summed E-state index contributed by atoms with van der Waals surface area (Å²) < 4.78 is 61.7. The van der Waals surface area contributed by atoms with Gasteiger partial charge in [-0.2, -0.15) is 22.0 Å². The number of halogens is 5. The second-order valence-corrected chi connectivity index (χ2v) is 3.88. The summed E-state index contributed by atoms with van der Waals surface area (Å²) >= 11 is 0. The number of amides is 1. The Kier molecular flexibility index (Phi) is 3.95. The van der Waals surface area contributed by atoms with Crippen molar-refractivity contribution in [3.8, 4) is 0 Å². The van der Waals surface area contributed by atoms with E-state index in [9.17, 15) is 26.7 Å². The molecule has 1 amide bonds. The first-order valence-electron chi connectivity index (χ1n) is 5.08. The van der Waals surface area contributed by atoms with Crippen molar-refractivity contribution in [1.29, 1.82) is 0 Å². The van der Waals surface area contributed by atoms with E-state index >= 15 is 0 Å². The van der Waals surface area contributed by atoms with E-state index in [4.69, 9.17) is 5.11 Å². The fourth-order valence-electron chi connectivity index (χ4n) is 1.56. The van der Waals surface area contributed by atoms with Gasteiger partial charge in [-0.3, -0.25) is 4.79 Å². The van der Waals surface area contributed by atoms with Crippen molar-refractivity contribution in [2.24, 2.45) is 0 Å². The van der Waals surface area contributed by atoms with E-state index in [1.165, 1.54) is 0 Å². The van der Waals surface area contributed by atoms with Crippen LogP contribution in [0.4, 0.5) is 22.0 Å². The van der Waals surface area contributed by atoms with E-state index < -0.39 is 37.2 Å². The van der Waals surface area contributed by atoms with Crippen molar-refractivity contribution < 1.29 is 31.9 Å². The quantitative estimate of drug-likeness (QED) is 0.780. The molecule has 1 aliphatic rings. The van der Waals surface area contributed by atoms with Gasteiger partial charge < -0.3 is 10.0 Å². The van der Waals surface area contributed by atoms with Crippen molar-refractivity contribution in [2.75, 3.05) is 13.2 Å². The fourth-order valence-corrected chi connectivity index (χ4v) is 1.56. The van der Waals surface area contributed by atoms with Crippen LogP contribution in [0.3, 0.4) is 0 Å². The van der Waals surface area contributed by atoms with Crippen molar-refractivity contribution in [3.63, 3.8) is 0 Å². The van der Waals surface area contributed by atoms with Gasteiger partial charge in [0.25, 0.3) is 0 Å². The van der Waals surface area contributed by atoms with Crippen LogP contribution >= 0.6 is 0 Å². The predicted molar refractivity (Wildman–Crippen MR) is 47.4 cm³/mol. The molecular weight excluding hydrogens is 249 g/mol. The minimum Gasteiger partial charge on any atom is -0.395 e. The van der Waals surface area contributed by atoms with Crippen LogP contribution in [0.5, 0.6) is 0 Å². The minimum atomic E-state index is -5.90. The zero-order valence-corrected chi connectivity index (χ0v) is 8.81. The summed E-state index contributed by atoms with van der Waals surface area (Å²) in [6.07, 6.45) is -4.45. The molecule has 0 bridgehead atoms. The summed E-state index contributed by atoms with van der Waals surface area (Å²) in [5.74, 6) is -7.67. The van der Waals surface area contributed by atoms with Gasteiger partial charge in [0, 0.05) is 12.6 Å². The summed E-state index contributed by atoms with van der Waals surface area (Å²) in [7, 11) is 0. The van der Waals surface area contributed by atoms with E-state index in [2.05, 4.69) is 0 Å². The van der Waals surface area contributed by atoms with Gasteiger partial charge in [0.05, 0.1) is 6.61 Å². The molecule has 0 aliphatic heterocycles. The van der Waals surface area contributed by atoms with Crippen molar-refractivity contribution in [2.45, 2.75) is 37.4 Å². The smallest absolute Gasteiger partial charge is 0.395 e. The molecule has 1 fully saturated rings. The number of carbonyl (C=O) groups is 1. The van der Waals surface area contributed by atoms with Crippen LogP contribution in [0.25, 0.3) is 0 Å². The molecule has 1 saturated carbocycles. The third-order valence-electron chi connectivity index (χ3n) is 2.74. The van der Waals surface area contributed by atoms with Gasteiger partial charge in [0.15, 0.2) is 0 Å². The molecule has 8 heteroatoms. The van der Waals surface area contributed by atoms with Crippen LogP contribution < -0.4 is 0 Å². The van der Waals surface area contributed by atoms with E-state index in [-0.39, 0.29) is 0 Å². The van der Waals surface area contributed by atoms with Gasteiger partial charge >= 0.3 is 18.0 Å². The van der Waals surface area contributed by atoms with Crippen molar-refractivity contribution >= 4 is 5.91 Å². The molecule has 0 saturated heterocycles. The summed E-state index contributed by atoms with van der Waals surface area (Å²) in [6, 6.07) is -0.622. The molecule has 0 spiro atoms. The van der Waals surface area contributed by atoms with Gasteiger partial charge in [-0.25, -0.2) is 0 Å². The topological polar surface area (TPSA) is 40.5 Å². The van der Waals surface area contributed by atoms with E-state index in [0.29, 0.717) is 24.2 Å². The van der Waals surface area contributed by atoms with Crippen LogP contribution in [0.1, 0.15) is 19.3 Å². The normalized spacial score (nSPS) is 17.8. The minimum absolute atomic E-state index is 0.389. The van der Waals surface area contributed by atoms with E-state index in [0.717, 1.165) is 0 Å². The van der Waals surface area contributed by atoms with Crippen molar-refractivity contribution in [1.82, 2.24) is 4.90 Å². The van der Waals surface area contributed by atoms with Gasteiger partial charge in [-0.15, -0.1) is 0 Å². The number of rotatable bonds is 4. The molecular formula is C9H12F5NO2. The Morgan fingerprint density at radius 2 is 1.76 bits per heavy atom. The molecule has 0 atom stereocenters. The molecule has 0 aromatic heterocycles. The average molecular weight is 261 g/mol. The summed E-state index contributed by atoms with van der Waals surface area (Å²) in [4.78, 5) is 11.6. The molecule has 0 aromatic rings. The highest BCUT2D eigenvalue weighted by molar-refractivity contribution is 5.84. The van der Waals surface area contributed by atoms with Crippen LogP contribution in [0, 0.1) is 0 Å². The Balaban J connectivity index is 2.83. The third kappa shape index (κ3) is 2.67. The standard InChI is InChI=1S/C9H12F5NO2/c10-8(11,9(12,13)14)7(17)15(4-5-16)6-2-1-3-6/h6,16H,1-5H2. The first-order chi connectivity index (χ1) is 7.71. The van der Waals surface area contributed by atoms with Gasteiger partial charge in [0.2, 0.25) is 0 Å². The maximum absolute atomic E-state index is 12.8. The Labute approximate surface area is 94.2 Å². The lowest BCUT2D eigenvalue weighted by molar-refractivity contribution is -0.275. The highest BCUT2D eigenvalue weighted by Crippen LogP contribution is 2.38. The number of nitrogens with zero attached hydrogens (tertiary/aromatic N) is 1. The number of hydrogen-bond donors (Lipinski definition) is 1. The Morgan fingerprint density at radius 1 is 1.24 bits per heavy atom. The van der Waals surface area contributed by atoms with Crippen LogP contribution in [-0.4, -0.2) is 47.2 Å². The average Bonchev–Trinajstić information content (AvgIpc) is 2.11. The molecule has 1 aliphatic carbocycles. The highest BCUT2D eigenvalue weighted by Gasteiger charge is 2.65. The number of alkyl halides is 5.